The lowest BCUT2D eigenvalue weighted by Crippen LogP contribution is -2.40. The van der Waals surface area contributed by atoms with E-state index in [1.165, 1.54) is 0 Å². The fraction of sp³-hybridized carbons (Fsp3) is 0.765. The molecule has 4 heteroatoms. The third kappa shape index (κ3) is 1.68. The Kier molecular flexibility index (Phi) is 2.76. The van der Waals surface area contributed by atoms with Crippen LogP contribution in [0.2, 0.25) is 0 Å². The summed E-state index contributed by atoms with van der Waals surface area (Å²) < 4.78 is 11.4. The number of carbonyl (C=O) groups excluding carboxylic acids is 2. The first-order chi connectivity index (χ1) is 10.1. The topological polar surface area (TPSA) is 52.6 Å². The zero-order valence-corrected chi connectivity index (χ0v) is 12.5. The molecule has 0 N–H and O–H groups in total. The van der Waals surface area contributed by atoms with E-state index in [2.05, 4.69) is 13.5 Å². The van der Waals surface area contributed by atoms with Crippen LogP contribution in [-0.4, -0.2) is 23.6 Å². The van der Waals surface area contributed by atoms with Crippen LogP contribution in [0.4, 0.5) is 0 Å². The molecule has 114 valence electrons. The van der Waals surface area contributed by atoms with Gasteiger partial charge in [0.1, 0.15) is 11.7 Å². The average molecular weight is 290 g/mol. The molecule has 4 fully saturated rings. The lowest BCUT2D eigenvalue weighted by Gasteiger charge is -2.32. The molecule has 0 amide bonds. The third-order valence-electron chi connectivity index (χ3n) is 6.30. The first-order valence-corrected chi connectivity index (χ1v) is 8.18. The van der Waals surface area contributed by atoms with Crippen molar-refractivity contribution in [3.8, 4) is 0 Å². The molecule has 0 aromatic carbocycles. The Morgan fingerprint density at radius 2 is 2.14 bits per heavy atom. The molecule has 4 rings (SSSR count). The lowest BCUT2D eigenvalue weighted by molar-refractivity contribution is -0.169. The summed E-state index contributed by atoms with van der Waals surface area (Å²) in [6, 6.07) is 0. The van der Waals surface area contributed by atoms with Crippen molar-refractivity contribution in [3.05, 3.63) is 12.2 Å². The van der Waals surface area contributed by atoms with Crippen molar-refractivity contribution < 1.29 is 19.1 Å². The smallest absolute Gasteiger partial charge is 0.310 e. The maximum absolute atomic E-state index is 12.8. The maximum atomic E-state index is 12.8. The van der Waals surface area contributed by atoms with Crippen LogP contribution in [0, 0.1) is 23.7 Å². The number of rotatable bonds is 3. The summed E-state index contributed by atoms with van der Waals surface area (Å²) in [5, 5.41) is 0. The van der Waals surface area contributed by atoms with Crippen molar-refractivity contribution in [1.82, 2.24) is 0 Å². The molecule has 4 nitrogen and oxygen atoms in total. The molecular weight excluding hydrogens is 268 g/mol. The molecule has 0 aromatic rings. The Hall–Kier alpha value is -1.32. The molecule has 0 aromatic heterocycles. The van der Waals surface area contributed by atoms with Crippen LogP contribution >= 0.6 is 0 Å². The summed E-state index contributed by atoms with van der Waals surface area (Å²) in [6.07, 6.45) is 5.74. The molecule has 21 heavy (non-hydrogen) atoms. The van der Waals surface area contributed by atoms with Gasteiger partial charge in [-0.2, -0.15) is 0 Å². The Morgan fingerprint density at radius 3 is 2.81 bits per heavy atom. The second-order valence-corrected chi connectivity index (χ2v) is 7.15. The van der Waals surface area contributed by atoms with Gasteiger partial charge in [0.2, 0.25) is 0 Å². The minimum absolute atomic E-state index is 0.0826. The highest BCUT2D eigenvalue weighted by molar-refractivity contribution is 5.87. The van der Waals surface area contributed by atoms with Gasteiger partial charge in [0.15, 0.2) is 0 Å². The molecular formula is C17H22O4. The molecule has 5 unspecified atom stereocenters. The van der Waals surface area contributed by atoms with Crippen LogP contribution in [0.3, 0.4) is 0 Å². The van der Waals surface area contributed by atoms with E-state index < -0.39 is 0 Å². The summed E-state index contributed by atoms with van der Waals surface area (Å²) in [7, 11) is 0. The molecule has 0 spiro atoms. The summed E-state index contributed by atoms with van der Waals surface area (Å²) in [6.45, 7) is 6.15. The second kappa shape index (κ2) is 4.34. The van der Waals surface area contributed by atoms with Gasteiger partial charge >= 0.3 is 11.9 Å². The van der Waals surface area contributed by atoms with E-state index in [1.54, 1.807) is 0 Å². The van der Waals surface area contributed by atoms with Crippen LogP contribution in [0.25, 0.3) is 0 Å². The molecule has 1 aliphatic heterocycles. The Bertz CT molecular complexity index is 517. The van der Waals surface area contributed by atoms with Gasteiger partial charge in [-0.25, -0.2) is 0 Å². The number of fused-ring (bicyclic) bond motifs is 1. The summed E-state index contributed by atoms with van der Waals surface area (Å²) >= 11 is 0. The normalized spacial score (nSPS) is 42.4. The monoisotopic (exact) mass is 290 g/mol. The summed E-state index contributed by atoms with van der Waals surface area (Å²) in [5.41, 5.74) is 0.642. The number of esters is 2. The number of hydrogen-bond donors (Lipinski definition) is 0. The second-order valence-electron chi connectivity index (χ2n) is 7.15. The van der Waals surface area contributed by atoms with Crippen LogP contribution in [-0.2, 0) is 19.1 Å². The van der Waals surface area contributed by atoms with Gasteiger partial charge in [0, 0.05) is 5.92 Å². The van der Waals surface area contributed by atoms with Crippen molar-refractivity contribution >= 4 is 11.9 Å². The molecule has 3 aliphatic carbocycles. The number of carbonyl (C=O) groups is 2. The van der Waals surface area contributed by atoms with Crippen LogP contribution in [0.5, 0.6) is 0 Å². The van der Waals surface area contributed by atoms with Crippen molar-refractivity contribution in [2.75, 3.05) is 0 Å². The van der Waals surface area contributed by atoms with Crippen LogP contribution in [0.1, 0.15) is 45.4 Å². The van der Waals surface area contributed by atoms with E-state index in [-0.39, 0.29) is 47.3 Å². The zero-order valence-electron chi connectivity index (χ0n) is 12.5. The third-order valence-corrected chi connectivity index (χ3v) is 6.30. The Balaban J connectivity index is 1.58. The van der Waals surface area contributed by atoms with Crippen LogP contribution in [0.15, 0.2) is 12.2 Å². The van der Waals surface area contributed by atoms with Gasteiger partial charge in [-0.1, -0.05) is 13.5 Å². The fourth-order valence-electron chi connectivity index (χ4n) is 5.11. The first-order valence-electron chi connectivity index (χ1n) is 8.18. The van der Waals surface area contributed by atoms with Crippen molar-refractivity contribution in [1.29, 1.82) is 0 Å². The standard InChI is InChI=1S/C17H22O4/c1-3-17(6-4-5-7-17)21-16(19)12-10-8-11-13(12)15(18)20-14(11)9(10)2/h10-14H,2-8H2,1H3. The molecule has 1 saturated heterocycles. The van der Waals surface area contributed by atoms with Crippen molar-refractivity contribution in [2.45, 2.75) is 57.2 Å². The van der Waals surface area contributed by atoms with Gasteiger partial charge in [-0.05, 0) is 50.0 Å². The van der Waals surface area contributed by atoms with E-state index in [4.69, 9.17) is 9.47 Å². The zero-order chi connectivity index (χ0) is 14.8. The number of hydrogen-bond acceptors (Lipinski definition) is 4. The predicted octanol–water partition coefficient (Wildman–Crippen LogP) is 2.62. The lowest BCUT2D eigenvalue weighted by atomic mass is 9.77. The molecule has 0 radical (unpaired) electrons. The van der Waals surface area contributed by atoms with Crippen LogP contribution < -0.4 is 0 Å². The summed E-state index contributed by atoms with van der Waals surface area (Å²) in [5.74, 6) is -0.793. The molecule has 2 bridgehead atoms. The fourth-order valence-corrected chi connectivity index (χ4v) is 5.11. The van der Waals surface area contributed by atoms with E-state index in [0.717, 1.165) is 44.1 Å². The minimum atomic E-state index is -0.349. The van der Waals surface area contributed by atoms with Gasteiger partial charge in [0.05, 0.1) is 11.8 Å². The average Bonchev–Trinajstić information content (AvgIpc) is 3.17. The van der Waals surface area contributed by atoms with Gasteiger partial charge < -0.3 is 9.47 Å². The Morgan fingerprint density at radius 1 is 1.43 bits per heavy atom. The highest BCUT2D eigenvalue weighted by atomic mass is 16.6. The minimum Gasteiger partial charge on any atom is -0.459 e. The van der Waals surface area contributed by atoms with Gasteiger partial charge in [-0.3, -0.25) is 9.59 Å². The summed E-state index contributed by atoms with van der Waals surface area (Å²) in [4.78, 5) is 24.8. The highest BCUT2D eigenvalue weighted by Gasteiger charge is 2.66. The number of ether oxygens (including phenoxy) is 2. The van der Waals surface area contributed by atoms with E-state index >= 15 is 0 Å². The van der Waals surface area contributed by atoms with E-state index in [9.17, 15) is 9.59 Å². The maximum Gasteiger partial charge on any atom is 0.310 e. The molecule has 4 aliphatic rings. The van der Waals surface area contributed by atoms with E-state index in [1.807, 2.05) is 0 Å². The highest BCUT2D eigenvalue weighted by Crippen LogP contribution is 2.60. The molecule has 1 heterocycles. The molecule has 5 atom stereocenters. The predicted molar refractivity (Wildman–Crippen MR) is 75.2 cm³/mol. The molecule has 3 saturated carbocycles. The largest absolute Gasteiger partial charge is 0.459 e. The first kappa shape index (κ1) is 13.4. The van der Waals surface area contributed by atoms with Crippen molar-refractivity contribution in [2.24, 2.45) is 23.7 Å². The van der Waals surface area contributed by atoms with Crippen molar-refractivity contribution in [3.63, 3.8) is 0 Å². The van der Waals surface area contributed by atoms with Gasteiger partial charge in [0.25, 0.3) is 0 Å². The van der Waals surface area contributed by atoms with E-state index in [0.29, 0.717) is 0 Å². The van der Waals surface area contributed by atoms with Gasteiger partial charge in [-0.15, -0.1) is 0 Å². The quantitative estimate of drug-likeness (QED) is 0.592. The Labute approximate surface area is 124 Å². The SMILES string of the molecule is C=C1C2CC3C1OC(=O)C3C2C(=O)OC1(CC)CCCC1.